The average Bonchev–Trinajstić information content (AvgIpc) is 2.79. The van der Waals surface area contributed by atoms with Crippen LogP contribution in [0, 0.1) is 0 Å². The van der Waals surface area contributed by atoms with Gasteiger partial charge in [-0.25, -0.2) is 0 Å². The van der Waals surface area contributed by atoms with Crippen LogP contribution in [0.15, 0.2) is 24.3 Å². The molecule has 0 fully saturated rings. The lowest BCUT2D eigenvalue weighted by Gasteiger charge is -2.08. The van der Waals surface area contributed by atoms with Gasteiger partial charge in [0.15, 0.2) is 0 Å². The molecule has 178 valence electrons. The molecular weight excluding hydrogens is 382 g/mol. The van der Waals surface area contributed by atoms with Gasteiger partial charge >= 0.3 is 0 Å². The Morgan fingerprint density at radius 2 is 1.10 bits per heavy atom. The second-order valence-corrected chi connectivity index (χ2v) is 8.93. The van der Waals surface area contributed by atoms with Crippen LogP contribution in [0.4, 0.5) is 0 Å². The van der Waals surface area contributed by atoms with Gasteiger partial charge in [0.25, 0.3) is 5.91 Å². The fourth-order valence-corrected chi connectivity index (χ4v) is 3.87. The van der Waals surface area contributed by atoms with Crippen LogP contribution in [0.2, 0.25) is 0 Å². The normalized spacial score (nSPS) is 10.9. The third kappa shape index (κ3) is 15.9. The number of hydrogen-bond acceptors (Lipinski definition) is 2. The minimum absolute atomic E-state index is 0.0206. The minimum Gasteiger partial charge on any atom is -0.494 e. The highest BCUT2D eigenvalue weighted by Gasteiger charge is 2.05. The van der Waals surface area contributed by atoms with E-state index in [-0.39, 0.29) is 5.91 Å². The van der Waals surface area contributed by atoms with Gasteiger partial charge in [-0.2, -0.15) is 0 Å². The monoisotopic (exact) mass is 431 g/mol. The Hall–Kier alpha value is -1.51. The van der Waals surface area contributed by atoms with Gasteiger partial charge in [-0.1, -0.05) is 110 Å². The Morgan fingerprint density at radius 1 is 0.645 bits per heavy atom. The predicted octanol–water partition coefficient (Wildman–Crippen LogP) is 8.47. The summed E-state index contributed by atoms with van der Waals surface area (Å²) in [5.41, 5.74) is 0.714. The molecule has 0 unspecified atom stereocenters. The summed E-state index contributed by atoms with van der Waals surface area (Å²) >= 11 is 0. The van der Waals surface area contributed by atoms with E-state index in [4.69, 9.17) is 4.74 Å². The number of unbranched alkanes of at least 4 members (excludes halogenated alkanes) is 15. The van der Waals surface area contributed by atoms with Gasteiger partial charge in [0.2, 0.25) is 0 Å². The zero-order valence-electron chi connectivity index (χ0n) is 20.6. The Labute approximate surface area is 192 Å². The number of benzene rings is 1. The maximum absolute atomic E-state index is 12.2. The number of nitrogens with one attached hydrogen (secondary N) is 1. The first kappa shape index (κ1) is 27.5. The van der Waals surface area contributed by atoms with Crippen molar-refractivity contribution in [2.24, 2.45) is 0 Å². The molecule has 0 saturated heterocycles. The summed E-state index contributed by atoms with van der Waals surface area (Å²) in [4.78, 5) is 12.2. The van der Waals surface area contributed by atoms with E-state index in [1.54, 1.807) is 0 Å². The van der Waals surface area contributed by atoms with Crippen molar-refractivity contribution in [2.45, 2.75) is 123 Å². The maximum Gasteiger partial charge on any atom is 0.251 e. The number of hydrogen-bond donors (Lipinski definition) is 1. The van der Waals surface area contributed by atoms with E-state index in [0.717, 1.165) is 31.7 Å². The molecule has 0 radical (unpaired) electrons. The van der Waals surface area contributed by atoms with E-state index < -0.39 is 0 Å². The summed E-state index contributed by atoms with van der Waals surface area (Å²) < 4.78 is 5.70. The maximum atomic E-state index is 12.2. The van der Waals surface area contributed by atoms with Crippen LogP contribution in [0.5, 0.6) is 5.75 Å². The van der Waals surface area contributed by atoms with Crippen molar-refractivity contribution in [3.05, 3.63) is 29.8 Å². The topological polar surface area (TPSA) is 38.3 Å². The third-order valence-electron chi connectivity index (χ3n) is 5.95. The molecule has 0 aromatic heterocycles. The Bertz CT molecular complexity index is 526. The zero-order chi connectivity index (χ0) is 22.4. The second kappa shape index (κ2) is 20.4. The fourth-order valence-electron chi connectivity index (χ4n) is 3.87. The highest BCUT2D eigenvalue weighted by atomic mass is 16.5. The van der Waals surface area contributed by atoms with E-state index in [0.29, 0.717) is 5.56 Å². The molecule has 0 spiro atoms. The molecule has 0 saturated carbocycles. The molecule has 31 heavy (non-hydrogen) atoms. The lowest BCUT2D eigenvalue weighted by Crippen LogP contribution is -2.24. The summed E-state index contributed by atoms with van der Waals surface area (Å²) in [6, 6.07) is 7.51. The van der Waals surface area contributed by atoms with Gasteiger partial charge in [-0.3, -0.25) is 4.79 Å². The molecule has 0 heterocycles. The quantitative estimate of drug-likeness (QED) is 0.198. The van der Waals surface area contributed by atoms with Gasteiger partial charge in [-0.15, -0.1) is 0 Å². The molecule has 1 amide bonds. The molecule has 0 aliphatic rings. The van der Waals surface area contributed by atoms with Gasteiger partial charge in [0, 0.05) is 12.1 Å². The summed E-state index contributed by atoms with van der Waals surface area (Å²) in [6.07, 6.45) is 22.4. The molecule has 0 bridgehead atoms. The lowest BCUT2D eigenvalue weighted by atomic mass is 10.0. The number of amides is 1. The number of carbonyl (C=O) groups excluding carboxylic acids is 1. The van der Waals surface area contributed by atoms with Crippen molar-refractivity contribution in [1.82, 2.24) is 5.32 Å². The van der Waals surface area contributed by atoms with Crippen molar-refractivity contribution in [2.75, 3.05) is 13.2 Å². The standard InChI is InChI=1S/C28H49NO2/c1-3-5-7-8-9-10-11-12-13-14-15-16-17-18-24-29-28(30)26-20-22-27(23-21-26)31-25-19-6-4-2/h20-23H,3-19,24-25H2,1-2H3,(H,29,30). The molecule has 1 aromatic carbocycles. The smallest absolute Gasteiger partial charge is 0.251 e. The molecule has 0 atom stereocenters. The Kier molecular flexibility index (Phi) is 18.1. The molecular formula is C28H49NO2. The van der Waals surface area contributed by atoms with Gasteiger partial charge in [-0.05, 0) is 37.1 Å². The van der Waals surface area contributed by atoms with Crippen LogP contribution in [0.3, 0.4) is 0 Å². The zero-order valence-corrected chi connectivity index (χ0v) is 20.6. The number of carbonyl (C=O) groups is 1. The van der Waals surface area contributed by atoms with E-state index in [2.05, 4.69) is 19.2 Å². The molecule has 1 aromatic rings. The largest absolute Gasteiger partial charge is 0.494 e. The van der Waals surface area contributed by atoms with Crippen molar-refractivity contribution in [3.63, 3.8) is 0 Å². The molecule has 1 N–H and O–H groups in total. The van der Waals surface area contributed by atoms with Crippen LogP contribution in [0.1, 0.15) is 133 Å². The van der Waals surface area contributed by atoms with Gasteiger partial charge < -0.3 is 10.1 Å². The highest BCUT2D eigenvalue weighted by molar-refractivity contribution is 5.94. The SMILES string of the molecule is CCCCCCCCCCCCCCCCNC(=O)c1ccc(OCCCCC)cc1. The van der Waals surface area contributed by atoms with Crippen LogP contribution >= 0.6 is 0 Å². The van der Waals surface area contributed by atoms with E-state index in [1.807, 2.05) is 24.3 Å². The molecule has 1 rings (SSSR count). The average molecular weight is 432 g/mol. The number of rotatable bonds is 21. The molecule has 3 heteroatoms. The van der Waals surface area contributed by atoms with Crippen LogP contribution < -0.4 is 10.1 Å². The fraction of sp³-hybridized carbons (Fsp3) is 0.750. The summed E-state index contributed by atoms with van der Waals surface area (Å²) in [7, 11) is 0. The summed E-state index contributed by atoms with van der Waals surface area (Å²) in [6.45, 7) is 5.98. The number of ether oxygens (including phenoxy) is 1. The first-order valence-corrected chi connectivity index (χ1v) is 13.3. The molecule has 3 nitrogen and oxygen atoms in total. The van der Waals surface area contributed by atoms with Crippen molar-refractivity contribution >= 4 is 5.91 Å². The molecule has 0 aliphatic heterocycles. The van der Waals surface area contributed by atoms with Gasteiger partial charge in [0.05, 0.1) is 6.61 Å². The van der Waals surface area contributed by atoms with Gasteiger partial charge in [0.1, 0.15) is 5.75 Å². The summed E-state index contributed by atoms with van der Waals surface area (Å²) in [5, 5.41) is 3.04. The minimum atomic E-state index is 0.0206. The van der Waals surface area contributed by atoms with Crippen molar-refractivity contribution < 1.29 is 9.53 Å². The van der Waals surface area contributed by atoms with Crippen LogP contribution in [-0.2, 0) is 0 Å². The first-order valence-electron chi connectivity index (χ1n) is 13.3. The van der Waals surface area contributed by atoms with E-state index >= 15 is 0 Å². The third-order valence-corrected chi connectivity index (χ3v) is 5.95. The first-order chi connectivity index (χ1) is 15.3. The van der Waals surface area contributed by atoms with Crippen LogP contribution in [-0.4, -0.2) is 19.1 Å². The van der Waals surface area contributed by atoms with Crippen LogP contribution in [0.25, 0.3) is 0 Å². The molecule has 0 aliphatic carbocycles. The Balaban J connectivity index is 1.92. The highest BCUT2D eigenvalue weighted by Crippen LogP contribution is 2.14. The second-order valence-electron chi connectivity index (χ2n) is 8.93. The Morgan fingerprint density at radius 3 is 1.61 bits per heavy atom. The summed E-state index contributed by atoms with van der Waals surface area (Å²) in [5.74, 6) is 0.867. The predicted molar refractivity (Wildman–Crippen MR) is 134 cm³/mol. The van der Waals surface area contributed by atoms with E-state index in [9.17, 15) is 4.79 Å². The van der Waals surface area contributed by atoms with E-state index in [1.165, 1.54) is 96.3 Å². The lowest BCUT2D eigenvalue weighted by molar-refractivity contribution is 0.0953. The van der Waals surface area contributed by atoms with Crippen molar-refractivity contribution in [1.29, 1.82) is 0 Å². The van der Waals surface area contributed by atoms with Crippen molar-refractivity contribution in [3.8, 4) is 5.75 Å².